The van der Waals surface area contributed by atoms with Crippen molar-refractivity contribution < 1.29 is 22.7 Å². The Bertz CT molecular complexity index is 883. The minimum Gasteiger partial charge on any atom is -0.376 e. The van der Waals surface area contributed by atoms with Crippen LogP contribution in [0, 0.1) is 5.41 Å². The molecular weight excluding hydrogens is 419 g/mol. The molecule has 1 unspecified atom stereocenters. The number of nitrogens with zero attached hydrogens (tertiary/aromatic N) is 4. The number of carbonyl (C=O) groups is 1. The van der Waals surface area contributed by atoms with E-state index in [0.29, 0.717) is 25.7 Å². The third kappa shape index (κ3) is 3.97. The lowest BCUT2D eigenvalue weighted by Gasteiger charge is -2.41. The van der Waals surface area contributed by atoms with Gasteiger partial charge in [0.15, 0.2) is 5.69 Å². The Labute approximate surface area is 176 Å². The van der Waals surface area contributed by atoms with Crippen molar-refractivity contribution in [2.24, 2.45) is 21.1 Å². The van der Waals surface area contributed by atoms with Crippen molar-refractivity contribution in [3.8, 4) is 0 Å². The first-order valence-electron chi connectivity index (χ1n) is 9.67. The number of aromatic nitrogens is 1. The Balaban J connectivity index is 1.41. The van der Waals surface area contributed by atoms with Gasteiger partial charge in [-0.3, -0.25) is 9.78 Å². The first kappa shape index (κ1) is 21.3. The van der Waals surface area contributed by atoms with Crippen molar-refractivity contribution in [2.75, 3.05) is 19.7 Å². The number of hydrogen-bond donors (Lipinski definition) is 1. The number of rotatable bonds is 2. The van der Waals surface area contributed by atoms with E-state index in [9.17, 15) is 18.0 Å². The van der Waals surface area contributed by atoms with E-state index in [1.54, 1.807) is 0 Å². The molecule has 0 aliphatic carbocycles. The smallest absolute Gasteiger partial charge is 0.376 e. The molecule has 3 aliphatic rings. The van der Waals surface area contributed by atoms with E-state index < -0.39 is 23.0 Å². The standard InChI is InChI=1S/C19H22F3N5O2S/c1-11-14(23)18(10-29-11)4-7-27(8-5-18)17-25-9-13(16(28)26-17)30-12-3-2-6-24-15(12)19(20,21)22/h2-3,6,9,11,13-14H,4-5,7-8,10,23H2,1H3/t11-,13?,14+/m0/s1. The average Bonchev–Trinajstić information content (AvgIpc) is 2.98. The molecule has 1 aromatic heterocycles. The summed E-state index contributed by atoms with van der Waals surface area (Å²) in [5.74, 6) is -0.230. The largest absolute Gasteiger partial charge is 0.434 e. The molecule has 2 saturated heterocycles. The van der Waals surface area contributed by atoms with E-state index in [1.807, 2.05) is 11.8 Å². The maximum atomic E-state index is 13.1. The lowest BCUT2D eigenvalue weighted by Crippen LogP contribution is -2.52. The highest BCUT2D eigenvalue weighted by molar-refractivity contribution is 8.01. The molecule has 4 heterocycles. The first-order chi connectivity index (χ1) is 14.2. The fourth-order valence-electron chi connectivity index (χ4n) is 4.08. The Hall–Kier alpha value is -1.98. The minimum absolute atomic E-state index is 0.0232. The molecule has 0 radical (unpaired) electrons. The average molecular weight is 441 g/mol. The molecule has 0 saturated carbocycles. The number of nitrogens with two attached hydrogens (primary N) is 1. The number of carbonyl (C=O) groups excluding carboxylic acids is 1. The van der Waals surface area contributed by atoms with Gasteiger partial charge in [-0.15, -0.1) is 11.8 Å². The summed E-state index contributed by atoms with van der Waals surface area (Å²) in [5.41, 5.74) is 5.24. The van der Waals surface area contributed by atoms with Crippen LogP contribution in [0.5, 0.6) is 0 Å². The first-order valence-corrected chi connectivity index (χ1v) is 10.6. The maximum absolute atomic E-state index is 13.1. The van der Waals surface area contributed by atoms with Crippen molar-refractivity contribution in [3.05, 3.63) is 24.0 Å². The van der Waals surface area contributed by atoms with Gasteiger partial charge in [0.25, 0.3) is 5.91 Å². The van der Waals surface area contributed by atoms with Crippen molar-refractivity contribution >= 4 is 29.8 Å². The summed E-state index contributed by atoms with van der Waals surface area (Å²) in [7, 11) is 0. The second-order valence-electron chi connectivity index (χ2n) is 7.81. The van der Waals surface area contributed by atoms with Gasteiger partial charge in [-0.05, 0) is 31.9 Å². The number of hydrogen-bond acceptors (Lipinski definition) is 7. The summed E-state index contributed by atoms with van der Waals surface area (Å²) in [6, 6.07) is 2.67. The van der Waals surface area contributed by atoms with Gasteiger partial charge in [0.2, 0.25) is 5.96 Å². The number of piperidine rings is 1. The van der Waals surface area contributed by atoms with Crippen molar-refractivity contribution in [1.82, 2.24) is 9.88 Å². The van der Waals surface area contributed by atoms with Gasteiger partial charge in [-0.2, -0.15) is 18.2 Å². The number of halogens is 3. The van der Waals surface area contributed by atoms with Crippen molar-refractivity contribution in [1.29, 1.82) is 0 Å². The number of amides is 1. The Morgan fingerprint density at radius 3 is 2.67 bits per heavy atom. The Kier molecular flexibility index (Phi) is 5.62. The van der Waals surface area contributed by atoms with Crippen LogP contribution in [0.3, 0.4) is 0 Å². The lowest BCUT2D eigenvalue weighted by molar-refractivity contribution is -0.143. The van der Waals surface area contributed by atoms with Gasteiger partial charge >= 0.3 is 6.18 Å². The zero-order chi connectivity index (χ0) is 21.5. The van der Waals surface area contributed by atoms with Crippen LogP contribution in [0.1, 0.15) is 25.5 Å². The van der Waals surface area contributed by atoms with Gasteiger partial charge < -0.3 is 15.4 Å². The molecular formula is C19H22F3N5O2S. The summed E-state index contributed by atoms with van der Waals surface area (Å²) in [4.78, 5) is 26.0. The second kappa shape index (κ2) is 7.93. The van der Waals surface area contributed by atoms with Gasteiger partial charge in [-0.1, -0.05) is 0 Å². The van der Waals surface area contributed by atoms with E-state index in [1.165, 1.54) is 18.3 Å². The van der Waals surface area contributed by atoms with Crippen LogP contribution in [0.25, 0.3) is 0 Å². The molecule has 1 aromatic rings. The SMILES string of the molecule is C[C@@H]1OCC2(CCN(C3=NC(=O)C(Sc4cccnc4C(F)(F)F)C=N3)CC2)[C@@H]1N. The highest BCUT2D eigenvalue weighted by Gasteiger charge is 2.48. The number of alkyl halides is 3. The quantitative estimate of drug-likeness (QED) is 0.758. The van der Waals surface area contributed by atoms with Gasteiger partial charge in [0, 0.05) is 41.9 Å². The molecule has 1 spiro atoms. The Morgan fingerprint density at radius 2 is 2.07 bits per heavy atom. The molecule has 30 heavy (non-hydrogen) atoms. The summed E-state index contributed by atoms with van der Waals surface area (Å²) >= 11 is 0.751. The van der Waals surface area contributed by atoms with E-state index in [2.05, 4.69) is 15.0 Å². The molecule has 4 rings (SSSR count). The number of thioether (sulfide) groups is 1. The van der Waals surface area contributed by atoms with Crippen LogP contribution in [0.2, 0.25) is 0 Å². The van der Waals surface area contributed by atoms with Gasteiger partial charge in [-0.25, -0.2) is 4.99 Å². The third-order valence-electron chi connectivity index (χ3n) is 5.96. The normalized spacial score (nSPS) is 28.8. The maximum Gasteiger partial charge on any atom is 0.434 e. The predicted octanol–water partition coefficient (Wildman–Crippen LogP) is 2.36. The highest BCUT2D eigenvalue weighted by atomic mass is 32.2. The van der Waals surface area contributed by atoms with Crippen LogP contribution >= 0.6 is 11.8 Å². The molecule has 7 nitrogen and oxygen atoms in total. The summed E-state index contributed by atoms with van der Waals surface area (Å²) in [6.45, 7) is 3.89. The summed E-state index contributed by atoms with van der Waals surface area (Å²) in [6.07, 6.45) is -0.521. The lowest BCUT2D eigenvalue weighted by atomic mass is 9.73. The van der Waals surface area contributed by atoms with Crippen LogP contribution in [-0.4, -0.2) is 65.1 Å². The number of aliphatic imine (C=N–C) groups is 2. The monoisotopic (exact) mass is 441 g/mol. The number of guanidine groups is 1. The zero-order valence-electron chi connectivity index (χ0n) is 16.3. The zero-order valence-corrected chi connectivity index (χ0v) is 17.1. The molecule has 0 aromatic carbocycles. The summed E-state index contributed by atoms with van der Waals surface area (Å²) < 4.78 is 45.1. The van der Waals surface area contributed by atoms with E-state index >= 15 is 0 Å². The molecule has 3 atom stereocenters. The third-order valence-corrected chi connectivity index (χ3v) is 7.12. The van der Waals surface area contributed by atoms with E-state index in [4.69, 9.17) is 10.5 Å². The van der Waals surface area contributed by atoms with Crippen LogP contribution < -0.4 is 5.73 Å². The molecule has 1 amide bonds. The van der Waals surface area contributed by atoms with Crippen LogP contribution in [-0.2, 0) is 15.7 Å². The number of likely N-dealkylation sites (tertiary alicyclic amines) is 1. The molecule has 2 N–H and O–H groups in total. The molecule has 0 bridgehead atoms. The molecule has 3 aliphatic heterocycles. The van der Waals surface area contributed by atoms with Crippen LogP contribution in [0.4, 0.5) is 13.2 Å². The van der Waals surface area contributed by atoms with Gasteiger partial charge in [0.05, 0.1) is 12.7 Å². The van der Waals surface area contributed by atoms with Crippen LogP contribution in [0.15, 0.2) is 33.2 Å². The number of ether oxygens (including phenoxy) is 1. The molecule has 162 valence electrons. The second-order valence-corrected chi connectivity index (χ2v) is 8.99. The van der Waals surface area contributed by atoms with Gasteiger partial charge in [0.1, 0.15) is 5.25 Å². The topological polar surface area (TPSA) is 93.2 Å². The van der Waals surface area contributed by atoms with E-state index in [0.717, 1.165) is 30.8 Å². The minimum atomic E-state index is -4.60. The van der Waals surface area contributed by atoms with Crippen molar-refractivity contribution in [3.63, 3.8) is 0 Å². The summed E-state index contributed by atoms with van der Waals surface area (Å²) in [5, 5.41) is -0.923. The van der Waals surface area contributed by atoms with E-state index in [-0.39, 0.29) is 22.5 Å². The predicted molar refractivity (Wildman–Crippen MR) is 106 cm³/mol. The number of pyridine rings is 1. The molecule has 2 fully saturated rings. The van der Waals surface area contributed by atoms with Crippen molar-refractivity contribution in [2.45, 2.75) is 48.2 Å². The fraction of sp³-hybridized carbons (Fsp3) is 0.579. The highest BCUT2D eigenvalue weighted by Crippen LogP contribution is 2.41. The molecule has 11 heteroatoms. The fourth-order valence-corrected chi connectivity index (χ4v) is 5.07. The Morgan fingerprint density at radius 1 is 1.33 bits per heavy atom.